The Morgan fingerprint density at radius 1 is 1.31 bits per heavy atom. The first kappa shape index (κ1) is 12.5. The molecule has 0 radical (unpaired) electrons. The Bertz CT molecular complexity index is 362. The molecule has 2 nitrogen and oxygen atoms in total. The van der Waals surface area contributed by atoms with Gasteiger partial charge in [0.25, 0.3) is 0 Å². The maximum atomic E-state index is 12.6. The highest BCUT2D eigenvalue weighted by molar-refractivity contribution is 5.22. The molecule has 0 spiro atoms. The predicted molar refractivity (Wildman–Crippen MR) is 60.6 cm³/mol. The van der Waals surface area contributed by atoms with Crippen LogP contribution in [0.3, 0.4) is 0 Å². The van der Waals surface area contributed by atoms with Gasteiger partial charge in [0.05, 0.1) is 6.10 Å². The molecular formula is C13H15FO2. The van der Waals surface area contributed by atoms with Crippen molar-refractivity contribution in [1.29, 1.82) is 0 Å². The third kappa shape index (κ3) is 4.81. The molecule has 0 aliphatic carbocycles. The van der Waals surface area contributed by atoms with E-state index in [0.717, 1.165) is 6.42 Å². The summed E-state index contributed by atoms with van der Waals surface area (Å²) in [5.41, 5.74) is 0. The van der Waals surface area contributed by atoms with Crippen LogP contribution in [0.1, 0.15) is 19.8 Å². The van der Waals surface area contributed by atoms with Crippen molar-refractivity contribution in [3.63, 3.8) is 0 Å². The zero-order valence-corrected chi connectivity index (χ0v) is 9.24. The lowest BCUT2D eigenvalue weighted by atomic mass is 10.2. The zero-order chi connectivity index (χ0) is 11.8. The molecule has 1 aromatic rings. The summed E-state index contributed by atoms with van der Waals surface area (Å²) < 4.78 is 17.8. The number of hydrogen-bond acceptors (Lipinski definition) is 2. The Balaban J connectivity index is 2.31. The van der Waals surface area contributed by atoms with Gasteiger partial charge in [0.2, 0.25) is 0 Å². The van der Waals surface area contributed by atoms with Crippen molar-refractivity contribution in [2.24, 2.45) is 0 Å². The molecule has 0 aliphatic rings. The smallest absolute Gasteiger partial charge is 0.123 e. The lowest BCUT2D eigenvalue weighted by Gasteiger charge is -2.09. The fourth-order valence-corrected chi connectivity index (χ4v) is 1.10. The van der Waals surface area contributed by atoms with E-state index in [9.17, 15) is 9.50 Å². The molecule has 0 saturated carbocycles. The number of halogens is 1. The minimum absolute atomic E-state index is 0.171. The van der Waals surface area contributed by atoms with E-state index >= 15 is 0 Å². The van der Waals surface area contributed by atoms with Gasteiger partial charge in [-0.05, 0) is 24.3 Å². The van der Waals surface area contributed by atoms with Gasteiger partial charge in [0.15, 0.2) is 0 Å². The minimum atomic E-state index is -0.607. The first-order valence-corrected chi connectivity index (χ1v) is 5.24. The zero-order valence-electron chi connectivity index (χ0n) is 9.24. The number of aliphatic hydroxyl groups excluding tert-OH is 1. The third-order valence-electron chi connectivity index (χ3n) is 1.90. The summed E-state index contributed by atoms with van der Waals surface area (Å²) in [6, 6.07) is 5.69. The molecule has 0 aliphatic heterocycles. The van der Waals surface area contributed by atoms with Crippen molar-refractivity contribution >= 4 is 0 Å². The quantitative estimate of drug-likeness (QED) is 0.792. The van der Waals surface area contributed by atoms with E-state index in [1.807, 2.05) is 6.92 Å². The number of ether oxygens (including phenoxy) is 1. The third-order valence-corrected chi connectivity index (χ3v) is 1.90. The fourth-order valence-electron chi connectivity index (χ4n) is 1.10. The van der Waals surface area contributed by atoms with Crippen LogP contribution in [0.5, 0.6) is 5.75 Å². The van der Waals surface area contributed by atoms with Crippen molar-refractivity contribution in [3.05, 3.63) is 30.1 Å². The Labute approximate surface area is 95.1 Å². The normalized spacial score (nSPS) is 11.4. The molecule has 0 heterocycles. The summed E-state index contributed by atoms with van der Waals surface area (Å²) in [5, 5.41) is 9.49. The molecule has 1 rings (SSSR count). The van der Waals surface area contributed by atoms with Crippen LogP contribution in [0.2, 0.25) is 0 Å². The van der Waals surface area contributed by atoms with Gasteiger partial charge in [-0.2, -0.15) is 0 Å². The first-order valence-electron chi connectivity index (χ1n) is 5.24. The monoisotopic (exact) mass is 222 g/mol. The van der Waals surface area contributed by atoms with Crippen molar-refractivity contribution in [2.45, 2.75) is 25.9 Å². The molecule has 0 amide bonds. The standard InChI is InChI=1S/C13H15FO2/c1-2-3-4-5-12(15)10-16-13-8-6-11(14)7-9-13/h6-9,12,15H,2,5,10H2,1H3/t12-/m0/s1. The lowest BCUT2D eigenvalue weighted by Crippen LogP contribution is -2.16. The Hall–Kier alpha value is -1.53. The Kier molecular flexibility index (Phi) is 5.38. The van der Waals surface area contributed by atoms with Gasteiger partial charge in [-0.15, -0.1) is 11.8 Å². The second-order valence-electron chi connectivity index (χ2n) is 3.33. The minimum Gasteiger partial charge on any atom is -0.491 e. The summed E-state index contributed by atoms with van der Waals surface area (Å²) in [4.78, 5) is 0. The summed E-state index contributed by atoms with van der Waals surface area (Å²) in [6.07, 6.45) is 0.574. The fraction of sp³-hybridized carbons (Fsp3) is 0.385. The van der Waals surface area contributed by atoms with Gasteiger partial charge < -0.3 is 9.84 Å². The van der Waals surface area contributed by atoms with E-state index in [2.05, 4.69) is 11.8 Å². The second kappa shape index (κ2) is 6.86. The average molecular weight is 222 g/mol. The van der Waals surface area contributed by atoms with Crippen molar-refractivity contribution in [3.8, 4) is 17.6 Å². The molecule has 1 N–H and O–H groups in total. The van der Waals surface area contributed by atoms with Gasteiger partial charge in [0.1, 0.15) is 18.2 Å². The molecule has 86 valence electrons. The molecule has 16 heavy (non-hydrogen) atoms. The van der Waals surface area contributed by atoms with E-state index in [1.165, 1.54) is 24.3 Å². The van der Waals surface area contributed by atoms with Gasteiger partial charge in [-0.1, -0.05) is 6.92 Å². The maximum Gasteiger partial charge on any atom is 0.123 e. The summed E-state index contributed by atoms with van der Waals surface area (Å²) >= 11 is 0. The van der Waals surface area contributed by atoms with Gasteiger partial charge >= 0.3 is 0 Å². The molecule has 1 aromatic carbocycles. The molecular weight excluding hydrogens is 207 g/mol. The maximum absolute atomic E-state index is 12.6. The second-order valence-corrected chi connectivity index (χ2v) is 3.33. The van der Waals surface area contributed by atoms with Crippen molar-refractivity contribution in [1.82, 2.24) is 0 Å². The topological polar surface area (TPSA) is 29.5 Å². The van der Waals surface area contributed by atoms with E-state index in [-0.39, 0.29) is 12.4 Å². The van der Waals surface area contributed by atoms with E-state index < -0.39 is 6.10 Å². The summed E-state index contributed by atoms with van der Waals surface area (Å²) in [5.74, 6) is 5.95. The van der Waals surface area contributed by atoms with Crippen LogP contribution in [0.25, 0.3) is 0 Å². The summed E-state index contributed by atoms with van der Waals surface area (Å²) in [6.45, 7) is 2.12. The average Bonchev–Trinajstić information content (AvgIpc) is 2.29. The molecule has 0 fully saturated rings. The molecule has 1 atom stereocenters. The van der Waals surface area contributed by atoms with E-state index in [1.54, 1.807) is 0 Å². The Morgan fingerprint density at radius 2 is 2.00 bits per heavy atom. The van der Waals surface area contributed by atoms with Gasteiger partial charge in [-0.3, -0.25) is 0 Å². The van der Waals surface area contributed by atoms with E-state index in [0.29, 0.717) is 12.2 Å². The first-order chi connectivity index (χ1) is 7.72. The van der Waals surface area contributed by atoms with Crippen LogP contribution < -0.4 is 4.74 Å². The van der Waals surface area contributed by atoms with Crippen LogP contribution >= 0.6 is 0 Å². The summed E-state index contributed by atoms with van der Waals surface area (Å²) in [7, 11) is 0. The van der Waals surface area contributed by atoms with E-state index in [4.69, 9.17) is 4.74 Å². The highest BCUT2D eigenvalue weighted by Crippen LogP contribution is 2.11. The number of aliphatic hydroxyl groups is 1. The van der Waals surface area contributed by atoms with Crippen LogP contribution in [0, 0.1) is 17.7 Å². The van der Waals surface area contributed by atoms with Crippen LogP contribution in [-0.2, 0) is 0 Å². The lowest BCUT2D eigenvalue weighted by molar-refractivity contribution is 0.111. The molecule has 0 aromatic heterocycles. The molecule has 0 bridgehead atoms. The van der Waals surface area contributed by atoms with Crippen LogP contribution in [-0.4, -0.2) is 17.8 Å². The van der Waals surface area contributed by atoms with Crippen LogP contribution in [0.4, 0.5) is 4.39 Å². The number of hydrogen-bond donors (Lipinski definition) is 1. The molecule has 0 unspecified atom stereocenters. The van der Waals surface area contributed by atoms with Crippen molar-refractivity contribution in [2.75, 3.05) is 6.61 Å². The highest BCUT2D eigenvalue weighted by atomic mass is 19.1. The number of rotatable bonds is 4. The number of benzene rings is 1. The Morgan fingerprint density at radius 3 is 2.62 bits per heavy atom. The van der Waals surface area contributed by atoms with Crippen molar-refractivity contribution < 1.29 is 14.2 Å². The largest absolute Gasteiger partial charge is 0.491 e. The van der Waals surface area contributed by atoms with Gasteiger partial charge in [-0.25, -0.2) is 4.39 Å². The predicted octanol–water partition coefficient (Wildman–Crippen LogP) is 2.37. The highest BCUT2D eigenvalue weighted by Gasteiger charge is 2.03. The van der Waals surface area contributed by atoms with Gasteiger partial charge in [0, 0.05) is 12.8 Å². The molecule has 3 heteroatoms. The van der Waals surface area contributed by atoms with Crippen LogP contribution in [0.15, 0.2) is 24.3 Å². The SMILES string of the molecule is CCC#CC[C@H](O)COc1ccc(F)cc1. The molecule has 0 saturated heterocycles.